The molecule has 19 heavy (non-hydrogen) atoms. The zero-order chi connectivity index (χ0) is 12.8. The molecular weight excluding hydrogens is 240 g/mol. The lowest BCUT2D eigenvalue weighted by Gasteiger charge is -2.35. The highest BCUT2D eigenvalue weighted by molar-refractivity contribution is 5.33. The van der Waals surface area contributed by atoms with Gasteiger partial charge in [0.1, 0.15) is 0 Å². The fraction of sp³-hybridized carbons (Fsp3) is 0.867. The zero-order valence-electron chi connectivity index (χ0n) is 10.7. The molecule has 0 bridgehead atoms. The second-order valence-corrected chi connectivity index (χ2v) is 5.58. The fourth-order valence-electron chi connectivity index (χ4n) is 3.55. The molecule has 0 amide bonds. The fourth-order valence-corrected chi connectivity index (χ4v) is 3.55. The topological polar surface area (TPSA) is 58.9 Å². The smallest absolute Gasteiger partial charge is 0.211 e. The molecule has 0 aromatic rings. The van der Waals surface area contributed by atoms with Crippen molar-refractivity contribution >= 4 is 12.2 Å². The molecule has 0 saturated heterocycles. The van der Waals surface area contributed by atoms with Crippen molar-refractivity contribution in [2.75, 3.05) is 0 Å². The van der Waals surface area contributed by atoms with Crippen LogP contribution >= 0.6 is 0 Å². The van der Waals surface area contributed by atoms with E-state index in [-0.39, 0.29) is 19.5 Å². The van der Waals surface area contributed by atoms with Crippen molar-refractivity contribution in [1.82, 2.24) is 0 Å². The van der Waals surface area contributed by atoms with Crippen LogP contribution in [0.1, 0.15) is 58.8 Å². The van der Waals surface area contributed by atoms with E-state index in [1.54, 1.807) is 12.2 Å². The molecule has 0 N–H and O–H groups in total. The normalized spacial score (nSPS) is 34.3. The van der Waals surface area contributed by atoms with Gasteiger partial charge in [-0.15, -0.1) is 0 Å². The lowest BCUT2D eigenvalue weighted by atomic mass is 9.71. The van der Waals surface area contributed by atoms with Crippen molar-refractivity contribution in [2.24, 2.45) is 21.8 Å². The summed E-state index contributed by atoms with van der Waals surface area (Å²) in [7, 11) is 0. The molecule has 0 aromatic carbocycles. The average molecular weight is 264 g/mol. The van der Waals surface area contributed by atoms with Crippen LogP contribution in [0.25, 0.3) is 0 Å². The van der Waals surface area contributed by atoms with Gasteiger partial charge in [0.25, 0.3) is 0 Å². The Bertz CT molecular complexity index is 318. The highest BCUT2D eigenvalue weighted by atomic mass is 16.1. The SMILES string of the molecule is C.O=C=NC1CCC(C2CCC(N=C=O)CC2)CC1. The van der Waals surface area contributed by atoms with Gasteiger partial charge in [0.2, 0.25) is 12.2 Å². The number of isocyanates is 2. The first kappa shape index (κ1) is 15.8. The number of aliphatic imine (C=N–C) groups is 2. The summed E-state index contributed by atoms with van der Waals surface area (Å²) in [6, 6.07) is 0.435. The Morgan fingerprint density at radius 1 is 0.632 bits per heavy atom. The van der Waals surface area contributed by atoms with Crippen molar-refractivity contribution in [3.05, 3.63) is 0 Å². The van der Waals surface area contributed by atoms with Crippen molar-refractivity contribution in [3.63, 3.8) is 0 Å². The van der Waals surface area contributed by atoms with Gasteiger partial charge in [-0.2, -0.15) is 0 Å². The number of carbonyl (C=O) groups excluding carboxylic acids is 2. The molecule has 2 saturated carbocycles. The van der Waals surface area contributed by atoms with Gasteiger partial charge in [-0.1, -0.05) is 7.43 Å². The van der Waals surface area contributed by atoms with Gasteiger partial charge in [-0.3, -0.25) is 0 Å². The summed E-state index contributed by atoms with van der Waals surface area (Å²) in [5, 5.41) is 0. The molecule has 0 aliphatic heterocycles. The average Bonchev–Trinajstić information content (AvgIpc) is 2.41. The van der Waals surface area contributed by atoms with Gasteiger partial charge < -0.3 is 0 Å². The number of hydrogen-bond donors (Lipinski definition) is 0. The van der Waals surface area contributed by atoms with Crippen molar-refractivity contribution in [3.8, 4) is 0 Å². The Hall–Kier alpha value is -1.24. The Kier molecular flexibility index (Phi) is 6.69. The van der Waals surface area contributed by atoms with E-state index in [0.29, 0.717) is 0 Å². The van der Waals surface area contributed by atoms with Gasteiger partial charge in [-0.25, -0.2) is 19.6 Å². The largest absolute Gasteiger partial charge is 0.235 e. The summed E-state index contributed by atoms with van der Waals surface area (Å²) in [5.74, 6) is 1.56. The van der Waals surface area contributed by atoms with Crippen LogP contribution in [-0.4, -0.2) is 24.2 Å². The molecule has 4 heteroatoms. The predicted molar refractivity (Wildman–Crippen MR) is 74.5 cm³/mol. The van der Waals surface area contributed by atoms with E-state index in [2.05, 4.69) is 9.98 Å². The quantitative estimate of drug-likeness (QED) is 0.579. The highest BCUT2D eigenvalue weighted by Crippen LogP contribution is 2.39. The van der Waals surface area contributed by atoms with Crippen molar-refractivity contribution in [2.45, 2.75) is 70.9 Å². The maximum absolute atomic E-state index is 10.2. The van der Waals surface area contributed by atoms with Crippen LogP contribution in [0, 0.1) is 11.8 Å². The third-order valence-corrected chi connectivity index (χ3v) is 4.62. The van der Waals surface area contributed by atoms with Crippen molar-refractivity contribution < 1.29 is 9.59 Å². The maximum atomic E-state index is 10.2. The summed E-state index contributed by atoms with van der Waals surface area (Å²) in [4.78, 5) is 28.1. The highest BCUT2D eigenvalue weighted by Gasteiger charge is 2.30. The van der Waals surface area contributed by atoms with Crippen LogP contribution < -0.4 is 0 Å². The van der Waals surface area contributed by atoms with Gasteiger partial charge >= 0.3 is 0 Å². The third-order valence-electron chi connectivity index (χ3n) is 4.62. The van der Waals surface area contributed by atoms with Crippen LogP contribution in [0.2, 0.25) is 0 Å². The molecule has 2 fully saturated rings. The number of nitrogens with zero attached hydrogens (tertiary/aromatic N) is 2. The molecule has 2 aliphatic rings. The van der Waals surface area contributed by atoms with Gasteiger partial charge in [0.15, 0.2) is 0 Å². The van der Waals surface area contributed by atoms with Gasteiger partial charge in [0, 0.05) is 0 Å². The molecular formula is C15H24N2O2. The molecule has 0 radical (unpaired) electrons. The standard InChI is InChI=1S/C14H20N2O2.CH4/c17-9-15-13-5-1-11(2-6-13)12-3-7-14(8-4-12)16-10-18;/h11-14H,1-8H2;1H4. The van der Waals surface area contributed by atoms with E-state index < -0.39 is 0 Å². The van der Waals surface area contributed by atoms with Crippen LogP contribution in [0.4, 0.5) is 0 Å². The van der Waals surface area contributed by atoms with Gasteiger partial charge in [-0.05, 0) is 63.2 Å². The van der Waals surface area contributed by atoms with Crippen molar-refractivity contribution in [1.29, 1.82) is 0 Å². The molecule has 0 heterocycles. The first-order valence-electron chi connectivity index (χ1n) is 6.97. The minimum absolute atomic E-state index is 0. The van der Waals surface area contributed by atoms with E-state index in [1.165, 1.54) is 25.7 Å². The Balaban J connectivity index is 0.00000180. The van der Waals surface area contributed by atoms with Gasteiger partial charge in [0.05, 0.1) is 12.1 Å². The second kappa shape index (κ2) is 8.04. The van der Waals surface area contributed by atoms with E-state index in [1.807, 2.05) is 0 Å². The van der Waals surface area contributed by atoms with E-state index >= 15 is 0 Å². The van der Waals surface area contributed by atoms with E-state index in [4.69, 9.17) is 0 Å². The zero-order valence-corrected chi connectivity index (χ0v) is 10.7. The summed E-state index contributed by atoms with van der Waals surface area (Å²) < 4.78 is 0. The Morgan fingerprint density at radius 2 is 0.947 bits per heavy atom. The molecule has 106 valence electrons. The minimum Gasteiger partial charge on any atom is -0.211 e. The Morgan fingerprint density at radius 3 is 1.21 bits per heavy atom. The molecule has 0 unspecified atom stereocenters. The monoisotopic (exact) mass is 264 g/mol. The van der Waals surface area contributed by atoms with Crippen LogP contribution in [0.3, 0.4) is 0 Å². The maximum Gasteiger partial charge on any atom is 0.235 e. The third kappa shape index (κ3) is 4.41. The molecule has 0 spiro atoms. The first-order chi connectivity index (χ1) is 8.83. The predicted octanol–water partition coefficient (Wildman–Crippen LogP) is 3.41. The summed E-state index contributed by atoms with van der Waals surface area (Å²) in [5.41, 5.74) is 0. The lowest BCUT2D eigenvalue weighted by Crippen LogP contribution is -2.27. The summed E-state index contributed by atoms with van der Waals surface area (Å²) in [6.45, 7) is 0. The molecule has 0 aromatic heterocycles. The second-order valence-electron chi connectivity index (χ2n) is 5.58. The van der Waals surface area contributed by atoms with Crippen LogP contribution in [-0.2, 0) is 9.59 Å². The van der Waals surface area contributed by atoms with Crippen LogP contribution in [0.5, 0.6) is 0 Å². The summed E-state index contributed by atoms with van der Waals surface area (Å²) >= 11 is 0. The summed E-state index contributed by atoms with van der Waals surface area (Å²) in [6.07, 6.45) is 12.2. The van der Waals surface area contributed by atoms with E-state index in [0.717, 1.165) is 37.5 Å². The van der Waals surface area contributed by atoms with Crippen LogP contribution in [0.15, 0.2) is 9.98 Å². The molecule has 2 aliphatic carbocycles. The first-order valence-corrected chi connectivity index (χ1v) is 6.97. The Labute approximate surface area is 115 Å². The number of rotatable bonds is 3. The minimum atomic E-state index is 0. The number of hydrogen-bond acceptors (Lipinski definition) is 4. The molecule has 4 nitrogen and oxygen atoms in total. The van der Waals surface area contributed by atoms with E-state index in [9.17, 15) is 9.59 Å². The molecule has 0 atom stereocenters. The molecule has 2 rings (SSSR count). The lowest BCUT2D eigenvalue weighted by molar-refractivity contribution is 0.179.